The normalized spacial score (nSPS) is 11.6. The summed E-state index contributed by atoms with van der Waals surface area (Å²) in [5.41, 5.74) is 0.896. The Kier molecular flexibility index (Phi) is 7.37. The third-order valence-corrected chi connectivity index (χ3v) is 5.74. The van der Waals surface area contributed by atoms with Crippen LogP contribution in [-0.2, 0) is 4.79 Å². The highest BCUT2D eigenvalue weighted by atomic mass is 35.5. The van der Waals surface area contributed by atoms with Gasteiger partial charge in [0.15, 0.2) is 0 Å². The monoisotopic (exact) mass is 462 g/mol. The van der Waals surface area contributed by atoms with Gasteiger partial charge in [0.2, 0.25) is 5.91 Å². The molecule has 1 atom stereocenters. The second-order valence-corrected chi connectivity index (χ2v) is 8.59. The quantitative estimate of drug-likeness (QED) is 0.410. The Balaban J connectivity index is 1.65. The van der Waals surface area contributed by atoms with E-state index in [-0.39, 0.29) is 11.5 Å². The van der Waals surface area contributed by atoms with Gasteiger partial charge in [-0.25, -0.2) is 4.39 Å². The smallest absolute Gasteiger partial charge is 0.258 e. The van der Waals surface area contributed by atoms with E-state index in [0.29, 0.717) is 21.4 Å². The van der Waals surface area contributed by atoms with Crippen LogP contribution in [0, 0.1) is 5.82 Å². The van der Waals surface area contributed by atoms with Crippen LogP contribution in [-0.4, -0.2) is 17.1 Å². The van der Waals surface area contributed by atoms with Crippen LogP contribution < -0.4 is 10.6 Å². The zero-order valence-electron chi connectivity index (χ0n) is 15.8. The zero-order chi connectivity index (χ0) is 21.7. The van der Waals surface area contributed by atoms with Crippen LogP contribution in [0.5, 0.6) is 0 Å². The first-order valence-electron chi connectivity index (χ1n) is 8.92. The number of carbonyl (C=O) groups is 2. The van der Waals surface area contributed by atoms with Crippen molar-refractivity contribution in [3.8, 4) is 0 Å². The fourth-order valence-electron chi connectivity index (χ4n) is 2.58. The third kappa shape index (κ3) is 5.75. The Hall–Kier alpha value is -2.54. The average molecular weight is 463 g/mol. The molecule has 3 aromatic carbocycles. The van der Waals surface area contributed by atoms with Crippen molar-refractivity contribution in [3.05, 3.63) is 88.2 Å². The SMILES string of the molecule is CC(Sc1cccc(NC(=O)c2ccccc2F)c1)C(=O)Nc1cc(Cl)ccc1Cl. The molecule has 0 saturated carbocycles. The molecule has 0 fully saturated rings. The molecule has 154 valence electrons. The van der Waals surface area contributed by atoms with E-state index in [2.05, 4.69) is 10.6 Å². The first kappa shape index (κ1) is 22.2. The number of thioether (sulfide) groups is 1. The van der Waals surface area contributed by atoms with Crippen molar-refractivity contribution < 1.29 is 14.0 Å². The molecule has 0 bridgehead atoms. The summed E-state index contributed by atoms with van der Waals surface area (Å²) in [5, 5.41) is 5.84. The summed E-state index contributed by atoms with van der Waals surface area (Å²) < 4.78 is 13.8. The van der Waals surface area contributed by atoms with E-state index in [1.165, 1.54) is 30.0 Å². The van der Waals surface area contributed by atoms with E-state index in [0.717, 1.165) is 4.90 Å². The molecule has 4 nitrogen and oxygen atoms in total. The van der Waals surface area contributed by atoms with E-state index in [4.69, 9.17) is 23.2 Å². The summed E-state index contributed by atoms with van der Waals surface area (Å²) in [6, 6.07) is 17.6. The summed E-state index contributed by atoms with van der Waals surface area (Å²) in [6.45, 7) is 1.75. The van der Waals surface area contributed by atoms with Gasteiger partial charge in [-0.15, -0.1) is 11.8 Å². The fraction of sp³-hybridized carbons (Fsp3) is 0.0909. The highest BCUT2D eigenvalue weighted by Crippen LogP contribution is 2.29. The first-order valence-corrected chi connectivity index (χ1v) is 10.6. The summed E-state index contributed by atoms with van der Waals surface area (Å²) in [5.74, 6) is -1.38. The van der Waals surface area contributed by atoms with Crippen LogP contribution >= 0.6 is 35.0 Å². The topological polar surface area (TPSA) is 58.2 Å². The number of carbonyl (C=O) groups excluding carboxylic acids is 2. The minimum absolute atomic E-state index is 0.0401. The maximum Gasteiger partial charge on any atom is 0.258 e. The van der Waals surface area contributed by atoms with Gasteiger partial charge >= 0.3 is 0 Å². The molecule has 0 aliphatic heterocycles. The minimum Gasteiger partial charge on any atom is -0.324 e. The first-order chi connectivity index (χ1) is 14.3. The van der Waals surface area contributed by atoms with Gasteiger partial charge in [0.25, 0.3) is 5.91 Å². The van der Waals surface area contributed by atoms with Crippen LogP contribution in [0.2, 0.25) is 10.0 Å². The second-order valence-electron chi connectivity index (χ2n) is 6.34. The fourth-order valence-corrected chi connectivity index (χ4v) is 3.84. The van der Waals surface area contributed by atoms with E-state index in [1.54, 1.807) is 49.4 Å². The Labute approximate surface area is 187 Å². The molecule has 1 unspecified atom stereocenters. The van der Waals surface area contributed by atoms with Gasteiger partial charge in [-0.3, -0.25) is 9.59 Å². The number of nitrogens with one attached hydrogen (secondary N) is 2. The lowest BCUT2D eigenvalue weighted by Gasteiger charge is -2.14. The molecule has 0 aliphatic carbocycles. The maximum atomic E-state index is 13.8. The summed E-state index contributed by atoms with van der Waals surface area (Å²) >= 11 is 13.3. The number of hydrogen-bond acceptors (Lipinski definition) is 3. The molecular weight excluding hydrogens is 446 g/mol. The molecule has 2 N–H and O–H groups in total. The Morgan fingerprint density at radius 3 is 2.50 bits per heavy atom. The van der Waals surface area contributed by atoms with Gasteiger partial charge in [-0.2, -0.15) is 0 Å². The molecule has 0 spiro atoms. The lowest BCUT2D eigenvalue weighted by molar-refractivity contribution is -0.115. The van der Waals surface area contributed by atoms with Crippen LogP contribution in [0.3, 0.4) is 0 Å². The lowest BCUT2D eigenvalue weighted by Crippen LogP contribution is -2.22. The van der Waals surface area contributed by atoms with Crippen molar-refractivity contribution in [2.45, 2.75) is 17.1 Å². The van der Waals surface area contributed by atoms with Gasteiger partial charge in [0.1, 0.15) is 5.82 Å². The molecule has 0 radical (unpaired) electrons. The van der Waals surface area contributed by atoms with Crippen molar-refractivity contribution in [2.24, 2.45) is 0 Å². The zero-order valence-corrected chi connectivity index (χ0v) is 18.1. The number of hydrogen-bond donors (Lipinski definition) is 2. The molecule has 0 heterocycles. The molecule has 2 amide bonds. The highest BCUT2D eigenvalue weighted by Gasteiger charge is 2.17. The van der Waals surface area contributed by atoms with Gasteiger partial charge in [0, 0.05) is 15.6 Å². The van der Waals surface area contributed by atoms with Crippen molar-refractivity contribution in [1.29, 1.82) is 0 Å². The Morgan fingerprint density at radius 1 is 0.967 bits per heavy atom. The number of benzene rings is 3. The van der Waals surface area contributed by atoms with Gasteiger partial charge in [-0.1, -0.05) is 41.4 Å². The summed E-state index contributed by atoms with van der Waals surface area (Å²) in [4.78, 5) is 25.6. The van der Waals surface area contributed by atoms with E-state index in [9.17, 15) is 14.0 Å². The van der Waals surface area contributed by atoms with Crippen LogP contribution in [0.4, 0.5) is 15.8 Å². The van der Waals surface area contributed by atoms with Gasteiger partial charge in [-0.05, 0) is 55.5 Å². The third-order valence-electron chi connectivity index (χ3n) is 4.08. The number of anilines is 2. The van der Waals surface area contributed by atoms with Gasteiger partial charge < -0.3 is 10.6 Å². The van der Waals surface area contributed by atoms with E-state index in [1.807, 2.05) is 6.07 Å². The van der Waals surface area contributed by atoms with Crippen molar-refractivity contribution in [3.63, 3.8) is 0 Å². The molecule has 0 aliphatic rings. The van der Waals surface area contributed by atoms with Crippen LogP contribution in [0.1, 0.15) is 17.3 Å². The predicted molar refractivity (Wildman–Crippen MR) is 121 cm³/mol. The van der Waals surface area contributed by atoms with Crippen molar-refractivity contribution >= 4 is 58.2 Å². The largest absolute Gasteiger partial charge is 0.324 e. The number of amides is 2. The molecular formula is C22H17Cl2FN2O2S. The minimum atomic E-state index is -0.592. The lowest BCUT2D eigenvalue weighted by atomic mass is 10.2. The standard InChI is InChI=1S/C22H17Cl2FN2O2S/c1-13(21(28)27-20-11-14(23)9-10-18(20)24)30-16-6-4-5-15(12-16)26-22(29)17-7-2-3-8-19(17)25/h2-13H,1H3,(H,26,29)(H,27,28). The van der Waals surface area contributed by atoms with E-state index >= 15 is 0 Å². The highest BCUT2D eigenvalue weighted by molar-refractivity contribution is 8.00. The summed E-state index contributed by atoms with van der Waals surface area (Å²) in [6.07, 6.45) is 0. The molecule has 30 heavy (non-hydrogen) atoms. The molecule has 8 heteroatoms. The second kappa shape index (κ2) is 9.98. The van der Waals surface area contributed by atoms with E-state index < -0.39 is 17.0 Å². The Bertz CT molecular complexity index is 1090. The predicted octanol–water partition coefficient (Wildman–Crippen LogP) is 6.50. The number of rotatable bonds is 6. The summed E-state index contributed by atoms with van der Waals surface area (Å²) in [7, 11) is 0. The molecule has 0 aromatic heterocycles. The van der Waals surface area contributed by atoms with Crippen molar-refractivity contribution in [2.75, 3.05) is 10.6 Å². The average Bonchev–Trinajstić information content (AvgIpc) is 2.71. The number of halogens is 3. The molecule has 3 rings (SSSR count). The van der Waals surface area contributed by atoms with Crippen LogP contribution in [0.25, 0.3) is 0 Å². The van der Waals surface area contributed by atoms with Gasteiger partial charge in [0.05, 0.1) is 21.5 Å². The molecule has 3 aromatic rings. The molecule has 0 saturated heterocycles. The van der Waals surface area contributed by atoms with Crippen LogP contribution in [0.15, 0.2) is 71.6 Å². The maximum absolute atomic E-state index is 13.8. The van der Waals surface area contributed by atoms with Crippen molar-refractivity contribution in [1.82, 2.24) is 0 Å². The Morgan fingerprint density at radius 2 is 1.73 bits per heavy atom.